The van der Waals surface area contributed by atoms with Crippen molar-refractivity contribution in [3.63, 3.8) is 0 Å². The molecular weight excluding hydrogens is 493 g/mol. The molecule has 0 unspecified atom stereocenters. The number of nitrogens with zero attached hydrogens (tertiary/aromatic N) is 3. The van der Waals surface area contributed by atoms with Crippen LogP contribution < -0.4 is 9.47 Å². The number of benzene rings is 3. The second kappa shape index (κ2) is 10.6. The van der Waals surface area contributed by atoms with Gasteiger partial charge in [-0.2, -0.15) is 8.75 Å². The molecule has 2 aromatic heterocycles. The monoisotopic (exact) mass is 519 g/mol. The second-order valence-corrected chi connectivity index (χ2v) is 9.02. The summed E-state index contributed by atoms with van der Waals surface area (Å²) in [5, 5.41) is 0.762. The maximum Gasteiger partial charge on any atom is 0.355 e. The SMILES string of the molecule is CCCOc1ccc2c(c1)c(-c1ccc(OC)c(F)c1)c(C(=O)OCC)n2Cc1ccc2nsnc2c1. The fraction of sp³-hybridized carbons (Fsp3) is 0.250. The number of ether oxygens (including phenoxy) is 3. The highest BCUT2D eigenvalue weighted by Crippen LogP contribution is 2.39. The van der Waals surface area contributed by atoms with E-state index in [1.165, 1.54) is 13.2 Å². The van der Waals surface area contributed by atoms with Crippen LogP contribution in [0.1, 0.15) is 36.3 Å². The van der Waals surface area contributed by atoms with Crippen LogP contribution >= 0.6 is 11.7 Å². The van der Waals surface area contributed by atoms with Crippen LogP contribution in [0.4, 0.5) is 4.39 Å². The van der Waals surface area contributed by atoms with Crippen LogP contribution in [0.25, 0.3) is 33.1 Å². The number of carbonyl (C=O) groups excluding carboxylic acids is 1. The number of halogens is 1. The molecule has 9 heteroatoms. The van der Waals surface area contributed by atoms with E-state index in [-0.39, 0.29) is 12.4 Å². The minimum atomic E-state index is -0.518. The van der Waals surface area contributed by atoms with Crippen molar-refractivity contribution >= 4 is 39.6 Å². The minimum absolute atomic E-state index is 0.127. The molecule has 0 amide bonds. The van der Waals surface area contributed by atoms with Crippen molar-refractivity contribution in [2.75, 3.05) is 20.3 Å². The van der Waals surface area contributed by atoms with E-state index in [4.69, 9.17) is 14.2 Å². The van der Waals surface area contributed by atoms with Crippen molar-refractivity contribution in [1.82, 2.24) is 13.3 Å². The molecule has 7 nitrogen and oxygen atoms in total. The Morgan fingerprint density at radius 2 is 1.86 bits per heavy atom. The van der Waals surface area contributed by atoms with E-state index < -0.39 is 11.8 Å². The van der Waals surface area contributed by atoms with Crippen LogP contribution in [-0.2, 0) is 11.3 Å². The third kappa shape index (κ3) is 4.74. The van der Waals surface area contributed by atoms with Gasteiger partial charge in [-0.25, -0.2) is 9.18 Å². The minimum Gasteiger partial charge on any atom is -0.494 e. The van der Waals surface area contributed by atoms with Crippen LogP contribution in [-0.4, -0.2) is 39.6 Å². The maximum atomic E-state index is 14.8. The lowest BCUT2D eigenvalue weighted by Crippen LogP contribution is -2.14. The molecule has 0 saturated heterocycles. The molecule has 5 rings (SSSR count). The Kier molecular flexibility index (Phi) is 7.05. The third-order valence-electron chi connectivity index (χ3n) is 6.08. The molecule has 190 valence electrons. The number of methoxy groups -OCH3 is 1. The molecule has 0 aliphatic heterocycles. The molecule has 0 atom stereocenters. The topological polar surface area (TPSA) is 75.5 Å². The van der Waals surface area contributed by atoms with Gasteiger partial charge in [-0.1, -0.05) is 19.1 Å². The summed E-state index contributed by atoms with van der Waals surface area (Å²) in [5.41, 5.74) is 4.82. The highest BCUT2D eigenvalue weighted by molar-refractivity contribution is 7.00. The molecule has 0 radical (unpaired) electrons. The summed E-state index contributed by atoms with van der Waals surface area (Å²) < 4.78 is 41.9. The van der Waals surface area contributed by atoms with Gasteiger partial charge in [-0.3, -0.25) is 0 Å². The van der Waals surface area contributed by atoms with Crippen molar-refractivity contribution in [1.29, 1.82) is 0 Å². The highest BCUT2D eigenvalue weighted by atomic mass is 32.1. The molecule has 0 aliphatic rings. The smallest absolute Gasteiger partial charge is 0.355 e. The first-order valence-corrected chi connectivity index (χ1v) is 12.8. The maximum absolute atomic E-state index is 14.8. The van der Waals surface area contributed by atoms with Gasteiger partial charge in [-0.05, 0) is 66.9 Å². The van der Waals surface area contributed by atoms with Crippen LogP contribution in [0, 0.1) is 5.82 Å². The fourth-order valence-electron chi connectivity index (χ4n) is 4.44. The van der Waals surface area contributed by atoms with Crippen molar-refractivity contribution in [2.24, 2.45) is 0 Å². The first-order valence-electron chi connectivity index (χ1n) is 12.0. The Balaban J connectivity index is 1.76. The Morgan fingerprint density at radius 1 is 1.03 bits per heavy atom. The van der Waals surface area contributed by atoms with Gasteiger partial charge in [0.15, 0.2) is 11.6 Å². The Bertz CT molecular complexity index is 1590. The summed E-state index contributed by atoms with van der Waals surface area (Å²) >= 11 is 1.16. The third-order valence-corrected chi connectivity index (χ3v) is 6.63. The van der Waals surface area contributed by atoms with Gasteiger partial charge >= 0.3 is 5.97 Å². The average Bonchev–Trinajstić information content (AvgIpc) is 3.49. The number of aromatic nitrogens is 3. The lowest BCUT2D eigenvalue weighted by Gasteiger charge is -2.12. The van der Waals surface area contributed by atoms with Gasteiger partial charge in [0, 0.05) is 23.0 Å². The zero-order valence-corrected chi connectivity index (χ0v) is 21.6. The molecule has 0 spiro atoms. The normalized spacial score (nSPS) is 11.2. The molecule has 0 aliphatic carbocycles. The predicted octanol–water partition coefficient (Wildman–Crippen LogP) is 6.47. The summed E-state index contributed by atoms with van der Waals surface area (Å²) in [6.07, 6.45) is 0.859. The fourth-order valence-corrected chi connectivity index (χ4v) is 4.96. The summed E-state index contributed by atoms with van der Waals surface area (Å²) in [4.78, 5) is 13.4. The predicted molar refractivity (Wildman–Crippen MR) is 142 cm³/mol. The lowest BCUT2D eigenvalue weighted by molar-refractivity contribution is 0.0516. The lowest BCUT2D eigenvalue weighted by atomic mass is 10.0. The summed E-state index contributed by atoms with van der Waals surface area (Å²) in [6.45, 7) is 4.95. The number of hydrogen-bond donors (Lipinski definition) is 0. The number of fused-ring (bicyclic) bond motifs is 2. The quantitative estimate of drug-likeness (QED) is 0.208. The Morgan fingerprint density at radius 3 is 2.62 bits per heavy atom. The van der Waals surface area contributed by atoms with E-state index in [1.54, 1.807) is 19.1 Å². The summed E-state index contributed by atoms with van der Waals surface area (Å²) in [6, 6.07) is 16.2. The average molecular weight is 520 g/mol. The molecule has 0 saturated carbocycles. The van der Waals surface area contributed by atoms with E-state index in [2.05, 4.69) is 8.75 Å². The van der Waals surface area contributed by atoms with E-state index in [9.17, 15) is 9.18 Å². The van der Waals surface area contributed by atoms with Gasteiger partial charge in [0.25, 0.3) is 0 Å². The molecule has 0 N–H and O–H groups in total. The first-order chi connectivity index (χ1) is 18.0. The zero-order chi connectivity index (χ0) is 25.9. The van der Waals surface area contributed by atoms with Gasteiger partial charge in [0.05, 0.1) is 32.1 Å². The van der Waals surface area contributed by atoms with Crippen LogP contribution in [0.15, 0.2) is 54.6 Å². The first kappa shape index (κ1) is 24.7. The standard InChI is InChI=1S/C28H26FN3O4S/c1-4-12-36-19-8-10-24-20(15-19)26(18-7-11-25(34-3)21(29)14-18)27(28(33)35-5-2)32(24)16-17-6-9-22-23(13-17)31-37-30-22/h6-11,13-15H,4-5,12,16H2,1-3H3. The molecule has 0 bridgehead atoms. The number of carbonyl (C=O) groups is 1. The molecular formula is C28H26FN3O4S. The highest BCUT2D eigenvalue weighted by Gasteiger charge is 2.26. The Hall–Kier alpha value is -3.98. The molecule has 3 aromatic carbocycles. The number of rotatable bonds is 9. The van der Waals surface area contributed by atoms with Gasteiger partial charge in [-0.15, -0.1) is 0 Å². The van der Waals surface area contributed by atoms with Crippen LogP contribution in [0.2, 0.25) is 0 Å². The van der Waals surface area contributed by atoms with Gasteiger partial charge in [0.2, 0.25) is 0 Å². The van der Waals surface area contributed by atoms with Crippen molar-refractivity contribution in [2.45, 2.75) is 26.8 Å². The molecule has 5 aromatic rings. The Labute approximate surface area is 217 Å². The van der Waals surface area contributed by atoms with E-state index in [1.807, 2.05) is 47.9 Å². The molecule has 0 fully saturated rings. The van der Waals surface area contributed by atoms with Crippen molar-refractivity contribution < 1.29 is 23.4 Å². The van der Waals surface area contributed by atoms with E-state index in [0.717, 1.165) is 45.6 Å². The van der Waals surface area contributed by atoms with Crippen molar-refractivity contribution in [3.05, 3.63) is 71.7 Å². The van der Waals surface area contributed by atoms with Gasteiger partial charge in [0.1, 0.15) is 22.5 Å². The number of esters is 1. The largest absolute Gasteiger partial charge is 0.494 e. The number of hydrogen-bond acceptors (Lipinski definition) is 7. The second-order valence-electron chi connectivity index (χ2n) is 8.49. The summed E-state index contributed by atoms with van der Waals surface area (Å²) in [5.74, 6) is -0.206. The van der Waals surface area contributed by atoms with Crippen molar-refractivity contribution in [3.8, 4) is 22.6 Å². The molecule has 2 heterocycles. The van der Waals surface area contributed by atoms with Crippen LogP contribution in [0.5, 0.6) is 11.5 Å². The van der Waals surface area contributed by atoms with Crippen LogP contribution in [0.3, 0.4) is 0 Å². The summed E-state index contributed by atoms with van der Waals surface area (Å²) in [7, 11) is 1.42. The molecule has 37 heavy (non-hydrogen) atoms. The van der Waals surface area contributed by atoms with Gasteiger partial charge < -0.3 is 18.8 Å². The van der Waals surface area contributed by atoms with E-state index in [0.29, 0.717) is 35.7 Å². The zero-order valence-electron chi connectivity index (χ0n) is 20.8. The van der Waals surface area contributed by atoms with E-state index >= 15 is 0 Å².